The van der Waals surface area contributed by atoms with Crippen LogP contribution in [0.4, 0.5) is 4.79 Å². The second-order valence-corrected chi connectivity index (χ2v) is 6.10. The van der Waals surface area contributed by atoms with Gasteiger partial charge >= 0.3 is 6.09 Å². The molecule has 1 aliphatic rings. The lowest BCUT2D eigenvalue weighted by Gasteiger charge is -2.35. The topological polar surface area (TPSA) is 38.8 Å². The van der Waals surface area contributed by atoms with Gasteiger partial charge in [-0.05, 0) is 33.3 Å². The van der Waals surface area contributed by atoms with Gasteiger partial charge in [-0.25, -0.2) is 4.79 Å². The number of hydrogen-bond acceptors (Lipinski definition) is 3. The molecule has 0 unspecified atom stereocenters. The highest BCUT2D eigenvalue weighted by atomic mass is 16.6. The fraction of sp³-hybridized carbons (Fsp3) is 0.471. The van der Waals surface area contributed by atoms with Crippen LogP contribution in [0.5, 0.6) is 5.75 Å². The molecule has 1 amide bonds. The third kappa shape index (κ3) is 3.78. The monoisotopic (exact) mass is 289 g/mol. The van der Waals surface area contributed by atoms with Gasteiger partial charge < -0.3 is 9.47 Å². The minimum Gasteiger partial charge on any atom is -0.496 e. The van der Waals surface area contributed by atoms with E-state index in [1.165, 1.54) is 0 Å². The zero-order chi connectivity index (χ0) is 15.5. The summed E-state index contributed by atoms with van der Waals surface area (Å²) in [6, 6.07) is 7.75. The highest BCUT2D eigenvalue weighted by Gasteiger charge is 2.31. The molecule has 0 aliphatic carbocycles. The van der Waals surface area contributed by atoms with E-state index >= 15 is 0 Å². The molecule has 0 fully saturated rings. The first kappa shape index (κ1) is 15.4. The van der Waals surface area contributed by atoms with E-state index < -0.39 is 5.60 Å². The van der Waals surface area contributed by atoms with Crippen LogP contribution >= 0.6 is 0 Å². The Hall–Kier alpha value is -1.97. The highest BCUT2D eigenvalue weighted by Crippen LogP contribution is 2.34. The molecule has 4 heteroatoms. The number of nitrogens with zero attached hydrogens (tertiary/aromatic N) is 1. The first-order valence-corrected chi connectivity index (χ1v) is 7.20. The van der Waals surface area contributed by atoms with Crippen LogP contribution in [0.3, 0.4) is 0 Å². The molecule has 1 aliphatic heterocycles. The molecule has 114 valence electrons. The summed E-state index contributed by atoms with van der Waals surface area (Å²) in [6.45, 7) is 6.19. The quantitative estimate of drug-likeness (QED) is 0.774. The van der Waals surface area contributed by atoms with E-state index in [0.29, 0.717) is 6.54 Å². The number of hydrogen-bond donors (Lipinski definition) is 0. The minimum absolute atomic E-state index is 0.0546. The Bertz CT molecular complexity index is 531. The van der Waals surface area contributed by atoms with Gasteiger partial charge in [-0.3, -0.25) is 4.90 Å². The summed E-state index contributed by atoms with van der Waals surface area (Å²) in [5.74, 6) is 0.798. The van der Waals surface area contributed by atoms with Crippen LogP contribution < -0.4 is 4.74 Å². The number of methoxy groups -OCH3 is 1. The van der Waals surface area contributed by atoms with Crippen molar-refractivity contribution in [1.82, 2.24) is 4.90 Å². The minimum atomic E-state index is -0.496. The smallest absolute Gasteiger partial charge is 0.411 e. The van der Waals surface area contributed by atoms with Crippen LogP contribution in [-0.2, 0) is 4.74 Å². The van der Waals surface area contributed by atoms with Gasteiger partial charge in [-0.1, -0.05) is 30.4 Å². The Morgan fingerprint density at radius 1 is 1.24 bits per heavy atom. The molecule has 0 aromatic heterocycles. The molecular weight excluding hydrogens is 266 g/mol. The number of rotatable bonds is 2. The molecule has 0 spiro atoms. The van der Waals surface area contributed by atoms with Crippen molar-refractivity contribution in [1.29, 1.82) is 0 Å². The Morgan fingerprint density at radius 3 is 2.62 bits per heavy atom. The Balaban J connectivity index is 2.28. The standard InChI is InChI=1S/C17H23NO3/c1-17(2,3)21-16(19)18-12-8-7-10-14(18)13-9-5-6-11-15(13)20-4/h5-9,11,14H,10,12H2,1-4H3/t14-/m0/s1. The predicted octanol–water partition coefficient (Wildman–Crippen LogP) is 3.93. The van der Waals surface area contributed by atoms with E-state index in [1.807, 2.05) is 51.1 Å². The van der Waals surface area contributed by atoms with Gasteiger partial charge in [-0.2, -0.15) is 0 Å². The van der Waals surface area contributed by atoms with Crippen molar-refractivity contribution in [3.05, 3.63) is 42.0 Å². The molecule has 21 heavy (non-hydrogen) atoms. The molecule has 0 bridgehead atoms. The number of para-hydroxylation sites is 1. The third-order valence-corrected chi connectivity index (χ3v) is 3.33. The number of amides is 1. The van der Waals surface area contributed by atoms with Gasteiger partial charge in [0.15, 0.2) is 0 Å². The number of carbonyl (C=O) groups is 1. The second kappa shape index (κ2) is 6.20. The number of carbonyl (C=O) groups excluding carboxylic acids is 1. The van der Waals surface area contributed by atoms with E-state index in [2.05, 4.69) is 6.08 Å². The Labute approximate surface area is 126 Å². The van der Waals surface area contributed by atoms with Gasteiger partial charge in [-0.15, -0.1) is 0 Å². The van der Waals surface area contributed by atoms with Crippen molar-refractivity contribution in [2.45, 2.75) is 38.8 Å². The summed E-state index contributed by atoms with van der Waals surface area (Å²) in [5.41, 5.74) is 0.513. The summed E-state index contributed by atoms with van der Waals surface area (Å²) < 4.78 is 10.9. The van der Waals surface area contributed by atoms with E-state index in [4.69, 9.17) is 9.47 Å². The van der Waals surface area contributed by atoms with Crippen LogP contribution in [0.25, 0.3) is 0 Å². The molecule has 1 heterocycles. The lowest BCUT2D eigenvalue weighted by atomic mass is 9.98. The van der Waals surface area contributed by atoms with Gasteiger partial charge in [0.25, 0.3) is 0 Å². The zero-order valence-electron chi connectivity index (χ0n) is 13.1. The molecule has 4 nitrogen and oxygen atoms in total. The molecule has 0 radical (unpaired) electrons. The van der Waals surface area contributed by atoms with Gasteiger partial charge in [0.2, 0.25) is 0 Å². The van der Waals surface area contributed by atoms with E-state index in [9.17, 15) is 4.79 Å². The average Bonchev–Trinajstić information content (AvgIpc) is 2.45. The lowest BCUT2D eigenvalue weighted by Crippen LogP contribution is -2.40. The SMILES string of the molecule is COc1ccccc1[C@@H]1CC=CCN1C(=O)OC(C)(C)C. The fourth-order valence-electron chi connectivity index (χ4n) is 2.43. The first-order chi connectivity index (χ1) is 9.92. The lowest BCUT2D eigenvalue weighted by molar-refractivity contribution is 0.0174. The summed E-state index contributed by atoms with van der Waals surface area (Å²) in [4.78, 5) is 14.2. The Kier molecular flexibility index (Phi) is 4.56. The number of benzene rings is 1. The zero-order valence-corrected chi connectivity index (χ0v) is 13.1. The molecule has 0 saturated carbocycles. The average molecular weight is 289 g/mol. The highest BCUT2D eigenvalue weighted by molar-refractivity contribution is 5.69. The van der Waals surface area contributed by atoms with Crippen molar-refractivity contribution in [3.63, 3.8) is 0 Å². The largest absolute Gasteiger partial charge is 0.496 e. The normalized spacial score (nSPS) is 18.5. The Morgan fingerprint density at radius 2 is 1.95 bits per heavy atom. The van der Waals surface area contributed by atoms with Crippen molar-refractivity contribution in [3.8, 4) is 5.75 Å². The molecule has 1 atom stereocenters. The van der Waals surface area contributed by atoms with Crippen molar-refractivity contribution in [2.24, 2.45) is 0 Å². The van der Waals surface area contributed by atoms with E-state index in [0.717, 1.165) is 17.7 Å². The summed E-state index contributed by atoms with van der Waals surface area (Å²) >= 11 is 0. The maximum Gasteiger partial charge on any atom is 0.411 e. The molecule has 0 saturated heterocycles. The predicted molar refractivity (Wildman–Crippen MR) is 82.4 cm³/mol. The van der Waals surface area contributed by atoms with Crippen LogP contribution in [0.1, 0.15) is 38.8 Å². The van der Waals surface area contributed by atoms with Gasteiger partial charge in [0.1, 0.15) is 11.4 Å². The first-order valence-electron chi connectivity index (χ1n) is 7.20. The molecule has 1 aromatic rings. The summed E-state index contributed by atoms with van der Waals surface area (Å²) in [6.07, 6.45) is 4.57. The number of ether oxygens (including phenoxy) is 2. The summed E-state index contributed by atoms with van der Waals surface area (Å²) in [5, 5.41) is 0. The second-order valence-electron chi connectivity index (χ2n) is 6.10. The van der Waals surface area contributed by atoms with Crippen LogP contribution in [0, 0.1) is 0 Å². The molecular formula is C17H23NO3. The van der Waals surface area contributed by atoms with Gasteiger partial charge in [0.05, 0.1) is 13.2 Å². The third-order valence-electron chi connectivity index (χ3n) is 3.33. The summed E-state index contributed by atoms with van der Waals surface area (Å²) in [7, 11) is 1.65. The maximum atomic E-state index is 12.4. The van der Waals surface area contributed by atoms with Crippen molar-refractivity contribution < 1.29 is 14.3 Å². The molecule has 1 aromatic carbocycles. The maximum absolute atomic E-state index is 12.4. The van der Waals surface area contributed by atoms with E-state index in [-0.39, 0.29) is 12.1 Å². The van der Waals surface area contributed by atoms with Crippen LogP contribution in [0.2, 0.25) is 0 Å². The molecule has 0 N–H and O–H groups in total. The van der Waals surface area contributed by atoms with Crippen LogP contribution in [-0.4, -0.2) is 30.2 Å². The van der Waals surface area contributed by atoms with Crippen LogP contribution in [0.15, 0.2) is 36.4 Å². The van der Waals surface area contributed by atoms with Crippen molar-refractivity contribution in [2.75, 3.05) is 13.7 Å². The van der Waals surface area contributed by atoms with Gasteiger partial charge in [0, 0.05) is 12.1 Å². The fourth-order valence-corrected chi connectivity index (χ4v) is 2.43. The van der Waals surface area contributed by atoms with E-state index in [1.54, 1.807) is 12.0 Å². The molecule has 2 rings (SSSR count). The van der Waals surface area contributed by atoms with Crippen molar-refractivity contribution >= 4 is 6.09 Å².